The van der Waals surface area contributed by atoms with Gasteiger partial charge in [-0.15, -0.1) is 0 Å². The lowest BCUT2D eigenvalue weighted by Crippen LogP contribution is -2.16. The van der Waals surface area contributed by atoms with Gasteiger partial charge in [-0.25, -0.2) is 9.97 Å². The topological polar surface area (TPSA) is 63.0 Å². The molecule has 2 aromatic rings. The van der Waals surface area contributed by atoms with Crippen molar-refractivity contribution in [3.8, 4) is 0 Å². The van der Waals surface area contributed by atoms with Crippen LogP contribution in [-0.2, 0) is 7.05 Å². The molecule has 0 aliphatic heterocycles. The lowest BCUT2D eigenvalue weighted by Gasteiger charge is -2.09. The molecule has 1 unspecified atom stereocenters. The van der Waals surface area contributed by atoms with E-state index in [9.17, 15) is 5.11 Å². The maximum absolute atomic E-state index is 9.82. The number of aliphatic hydroxyl groups is 1. The predicted octanol–water partition coefficient (Wildman–Crippen LogP) is 0.530. The molecular weight excluding hydrogens is 204 g/mol. The average Bonchev–Trinajstić information content (AvgIpc) is 2.55. The molecule has 0 spiro atoms. The number of imidazole rings is 1. The summed E-state index contributed by atoms with van der Waals surface area (Å²) < 4.78 is 1.93. The Balaban J connectivity index is 2.44. The average molecular weight is 220 g/mol. The summed E-state index contributed by atoms with van der Waals surface area (Å²) in [5.41, 5.74) is 2.46. The molecule has 0 aliphatic rings. The van der Waals surface area contributed by atoms with Crippen molar-refractivity contribution in [2.45, 2.75) is 13.0 Å². The lowest BCUT2D eigenvalue weighted by molar-refractivity contribution is 0.177. The number of nitrogens with one attached hydrogen (secondary N) is 1. The Morgan fingerprint density at radius 1 is 1.56 bits per heavy atom. The Kier molecular flexibility index (Phi) is 2.89. The fourth-order valence-corrected chi connectivity index (χ4v) is 1.70. The molecule has 0 fully saturated rings. The normalized spacial score (nSPS) is 13.2. The van der Waals surface area contributed by atoms with Crippen LogP contribution in [0, 0.1) is 6.92 Å². The van der Waals surface area contributed by atoms with Crippen LogP contribution in [0.5, 0.6) is 0 Å². The number of hydrogen-bond acceptors (Lipinski definition) is 4. The van der Waals surface area contributed by atoms with Crippen molar-refractivity contribution in [1.29, 1.82) is 0 Å². The van der Waals surface area contributed by atoms with E-state index in [-0.39, 0.29) is 0 Å². The predicted molar refractivity (Wildman–Crippen MR) is 62.1 cm³/mol. The van der Waals surface area contributed by atoms with Crippen LogP contribution in [0.1, 0.15) is 17.5 Å². The Morgan fingerprint density at radius 2 is 2.31 bits per heavy atom. The van der Waals surface area contributed by atoms with Gasteiger partial charge in [-0.1, -0.05) is 0 Å². The fourth-order valence-electron chi connectivity index (χ4n) is 1.70. The van der Waals surface area contributed by atoms with Gasteiger partial charge in [0.15, 0.2) is 5.65 Å². The van der Waals surface area contributed by atoms with Crippen LogP contribution in [-0.4, -0.2) is 33.2 Å². The van der Waals surface area contributed by atoms with Gasteiger partial charge in [0.2, 0.25) is 0 Å². The summed E-state index contributed by atoms with van der Waals surface area (Å²) in [4.78, 5) is 8.70. The van der Waals surface area contributed by atoms with Gasteiger partial charge in [0, 0.05) is 25.4 Å². The maximum Gasteiger partial charge on any atom is 0.159 e. The fraction of sp³-hybridized carbons (Fsp3) is 0.455. The van der Waals surface area contributed by atoms with E-state index in [4.69, 9.17) is 0 Å². The van der Waals surface area contributed by atoms with Gasteiger partial charge in [0.05, 0.1) is 6.10 Å². The quantitative estimate of drug-likeness (QED) is 0.792. The van der Waals surface area contributed by atoms with Gasteiger partial charge in [0.25, 0.3) is 0 Å². The van der Waals surface area contributed by atoms with Crippen LogP contribution in [0.15, 0.2) is 12.3 Å². The minimum atomic E-state index is -0.538. The number of aryl methyl sites for hydroxylation is 2. The SMILES string of the molecule is CNCC(O)c1cnc2c(c1)nc(C)n2C. The van der Waals surface area contributed by atoms with Gasteiger partial charge in [-0.2, -0.15) is 0 Å². The largest absolute Gasteiger partial charge is 0.387 e. The first-order valence-electron chi connectivity index (χ1n) is 5.25. The zero-order valence-electron chi connectivity index (χ0n) is 9.73. The molecule has 0 aliphatic carbocycles. The van der Waals surface area contributed by atoms with Gasteiger partial charge >= 0.3 is 0 Å². The molecule has 2 rings (SSSR count). The summed E-state index contributed by atoms with van der Waals surface area (Å²) >= 11 is 0. The van der Waals surface area contributed by atoms with E-state index in [1.807, 2.05) is 24.6 Å². The molecule has 16 heavy (non-hydrogen) atoms. The number of fused-ring (bicyclic) bond motifs is 1. The number of hydrogen-bond donors (Lipinski definition) is 2. The molecule has 86 valence electrons. The number of aromatic nitrogens is 3. The smallest absolute Gasteiger partial charge is 0.159 e. The molecule has 0 radical (unpaired) electrons. The van der Waals surface area contributed by atoms with E-state index in [0.717, 1.165) is 22.6 Å². The standard InChI is InChI=1S/C11H16N4O/c1-7-14-9-4-8(10(16)6-12-2)5-13-11(9)15(7)3/h4-5,10,12,16H,6H2,1-3H3. The van der Waals surface area contributed by atoms with Crippen LogP contribution in [0.4, 0.5) is 0 Å². The zero-order chi connectivity index (χ0) is 11.7. The van der Waals surface area contributed by atoms with Crippen LogP contribution in [0.3, 0.4) is 0 Å². The molecule has 2 N–H and O–H groups in total. The number of likely N-dealkylation sites (N-methyl/N-ethyl adjacent to an activating group) is 1. The van der Waals surface area contributed by atoms with Gasteiger partial charge in [-0.3, -0.25) is 0 Å². The van der Waals surface area contributed by atoms with Crippen molar-refractivity contribution in [3.05, 3.63) is 23.7 Å². The second-order valence-electron chi connectivity index (χ2n) is 3.90. The van der Waals surface area contributed by atoms with E-state index in [0.29, 0.717) is 6.54 Å². The monoisotopic (exact) mass is 220 g/mol. The summed E-state index contributed by atoms with van der Waals surface area (Å²) in [5, 5.41) is 12.7. The van der Waals surface area contributed by atoms with Crippen molar-refractivity contribution < 1.29 is 5.11 Å². The molecule has 0 aromatic carbocycles. The molecule has 2 aromatic heterocycles. The zero-order valence-corrected chi connectivity index (χ0v) is 9.73. The molecule has 0 bridgehead atoms. The Morgan fingerprint density at radius 3 is 3.00 bits per heavy atom. The third-order valence-corrected chi connectivity index (χ3v) is 2.74. The van der Waals surface area contributed by atoms with Crippen LogP contribution < -0.4 is 5.32 Å². The van der Waals surface area contributed by atoms with E-state index in [2.05, 4.69) is 15.3 Å². The molecule has 0 amide bonds. The first-order valence-corrected chi connectivity index (χ1v) is 5.25. The Hall–Kier alpha value is -1.46. The second-order valence-corrected chi connectivity index (χ2v) is 3.90. The second kappa shape index (κ2) is 4.19. The van der Waals surface area contributed by atoms with E-state index < -0.39 is 6.10 Å². The number of pyridine rings is 1. The highest BCUT2D eigenvalue weighted by molar-refractivity contribution is 5.72. The van der Waals surface area contributed by atoms with Crippen LogP contribution >= 0.6 is 0 Å². The number of rotatable bonds is 3. The van der Waals surface area contributed by atoms with Crippen molar-refractivity contribution >= 4 is 11.2 Å². The molecule has 1 atom stereocenters. The van der Waals surface area contributed by atoms with E-state index in [1.165, 1.54) is 0 Å². The van der Waals surface area contributed by atoms with Gasteiger partial charge < -0.3 is 15.0 Å². The highest BCUT2D eigenvalue weighted by Gasteiger charge is 2.11. The lowest BCUT2D eigenvalue weighted by atomic mass is 10.1. The molecule has 5 nitrogen and oxygen atoms in total. The first kappa shape index (κ1) is 11.0. The summed E-state index contributed by atoms with van der Waals surface area (Å²) in [6.45, 7) is 2.45. The third kappa shape index (κ3) is 1.79. The minimum Gasteiger partial charge on any atom is -0.387 e. The number of aliphatic hydroxyl groups excluding tert-OH is 1. The van der Waals surface area contributed by atoms with E-state index in [1.54, 1.807) is 13.2 Å². The van der Waals surface area contributed by atoms with Crippen molar-refractivity contribution in [3.63, 3.8) is 0 Å². The summed E-state index contributed by atoms with van der Waals surface area (Å²) in [6.07, 6.45) is 1.16. The van der Waals surface area contributed by atoms with E-state index >= 15 is 0 Å². The number of nitrogens with zero attached hydrogens (tertiary/aromatic N) is 3. The molecular formula is C11H16N4O. The first-order chi connectivity index (χ1) is 7.63. The van der Waals surface area contributed by atoms with Crippen molar-refractivity contribution in [1.82, 2.24) is 19.9 Å². The highest BCUT2D eigenvalue weighted by Crippen LogP contribution is 2.17. The third-order valence-electron chi connectivity index (χ3n) is 2.74. The van der Waals surface area contributed by atoms with Crippen molar-refractivity contribution in [2.24, 2.45) is 7.05 Å². The van der Waals surface area contributed by atoms with Crippen molar-refractivity contribution in [2.75, 3.05) is 13.6 Å². The van der Waals surface area contributed by atoms with Gasteiger partial charge in [0.1, 0.15) is 11.3 Å². The summed E-state index contributed by atoms with van der Waals surface area (Å²) in [5.74, 6) is 0.919. The molecule has 2 heterocycles. The molecule has 5 heteroatoms. The Bertz CT molecular complexity index is 506. The minimum absolute atomic E-state index is 0.513. The van der Waals surface area contributed by atoms with Gasteiger partial charge in [-0.05, 0) is 20.0 Å². The molecule has 0 saturated carbocycles. The van der Waals surface area contributed by atoms with Crippen LogP contribution in [0.2, 0.25) is 0 Å². The van der Waals surface area contributed by atoms with Crippen LogP contribution in [0.25, 0.3) is 11.2 Å². The summed E-state index contributed by atoms with van der Waals surface area (Å²) in [7, 11) is 3.74. The maximum atomic E-state index is 9.82. The highest BCUT2D eigenvalue weighted by atomic mass is 16.3. The summed E-state index contributed by atoms with van der Waals surface area (Å²) in [6, 6.07) is 1.89. The Labute approximate surface area is 94.1 Å². The molecule has 0 saturated heterocycles.